The van der Waals surface area contributed by atoms with Gasteiger partial charge in [0.25, 0.3) is 0 Å². The quantitative estimate of drug-likeness (QED) is 0.208. The molecule has 4 aliphatic rings. The summed E-state index contributed by atoms with van der Waals surface area (Å²) < 4.78 is 50.8. The van der Waals surface area contributed by atoms with Crippen molar-refractivity contribution >= 4 is 66.5 Å². The molecule has 0 saturated carbocycles. The predicted octanol–water partition coefficient (Wildman–Crippen LogP) is 8.19. The van der Waals surface area contributed by atoms with E-state index in [2.05, 4.69) is 25.1 Å². The lowest BCUT2D eigenvalue weighted by Crippen LogP contribution is -2.39. The minimum absolute atomic E-state index is 0.0328. The molecule has 4 heterocycles. The van der Waals surface area contributed by atoms with Gasteiger partial charge in [-0.2, -0.15) is 0 Å². The van der Waals surface area contributed by atoms with Crippen LogP contribution in [0.1, 0.15) is 95.6 Å². The Balaban J connectivity index is 0.000000172. The number of aliphatic hydroxyl groups is 1. The first kappa shape index (κ1) is 40.8. The Bertz CT molecular complexity index is 2220. The molecule has 296 valence electrons. The van der Waals surface area contributed by atoms with Crippen molar-refractivity contribution in [2.24, 2.45) is 11.8 Å². The Hall–Kier alpha value is -3.42. The molecule has 2 aliphatic carbocycles. The second kappa shape index (κ2) is 16.8. The molecule has 2 fully saturated rings. The van der Waals surface area contributed by atoms with E-state index in [0.717, 1.165) is 76.3 Å². The number of aliphatic hydroxyl groups excluding tert-OH is 1. The van der Waals surface area contributed by atoms with Gasteiger partial charge in [-0.25, -0.2) is 25.4 Å². The van der Waals surface area contributed by atoms with Crippen molar-refractivity contribution < 1.29 is 21.9 Å². The van der Waals surface area contributed by atoms with Crippen molar-refractivity contribution in [3.8, 4) is 0 Å². The lowest BCUT2D eigenvalue weighted by Gasteiger charge is -2.35. The number of fused-ring (bicyclic) bond motifs is 4. The maximum atomic E-state index is 11.9. The van der Waals surface area contributed by atoms with Gasteiger partial charge in [0.15, 0.2) is 0 Å². The van der Waals surface area contributed by atoms with Crippen molar-refractivity contribution in [2.75, 3.05) is 45.3 Å². The fraction of sp³-hybridized carbons (Fsp3) is 0.395. The number of aromatic nitrogens is 2. The van der Waals surface area contributed by atoms with Crippen LogP contribution in [0, 0.1) is 11.8 Å². The molecule has 8 rings (SSSR count). The number of hydrogen-bond donors (Lipinski definition) is 1. The van der Waals surface area contributed by atoms with Crippen LogP contribution in [0.25, 0.3) is 23.3 Å². The van der Waals surface area contributed by atoms with E-state index in [1.807, 2.05) is 60.8 Å². The molecule has 2 atom stereocenters. The third-order valence-electron chi connectivity index (χ3n) is 11.8. The molecular weight excluding hydrogens is 788 g/mol. The topological polar surface area (TPSA) is 121 Å². The van der Waals surface area contributed by atoms with Crippen LogP contribution in [0.2, 0.25) is 10.0 Å². The normalized spacial score (nSPS) is 20.8. The van der Waals surface area contributed by atoms with E-state index in [0.29, 0.717) is 37.1 Å². The van der Waals surface area contributed by atoms with E-state index >= 15 is 0 Å². The zero-order valence-electron chi connectivity index (χ0n) is 31.9. The molecule has 0 spiro atoms. The summed E-state index contributed by atoms with van der Waals surface area (Å²) in [5.74, 6) is 0.783. The molecule has 0 amide bonds. The average Bonchev–Trinajstić information content (AvgIpc) is 3.41. The van der Waals surface area contributed by atoms with Crippen molar-refractivity contribution in [1.82, 2.24) is 18.6 Å². The molecule has 4 aromatic rings. The van der Waals surface area contributed by atoms with Gasteiger partial charge in [0.05, 0.1) is 30.5 Å². The number of sulfonamides is 2. The Morgan fingerprint density at radius 3 is 1.46 bits per heavy atom. The van der Waals surface area contributed by atoms with Gasteiger partial charge in [0, 0.05) is 66.0 Å². The predicted molar refractivity (Wildman–Crippen MR) is 226 cm³/mol. The van der Waals surface area contributed by atoms with Crippen molar-refractivity contribution in [2.45, 2.75) is 50.9 Å². The number of halogens is 2. The van der Waals surface area contributed by atoms with Crippen molar-refractivity contribution in [3.05, 3.63) is 128 Å². The Morgan fingerprint density at radius 1 is 0.661 bits per heavy atom. The summed E-state index contributed by atoms with van der Waals surface area (Å²) in [5.41, 5.74) is 10.8. The van der Waals surface area contributed by atoms with E-state index in [-0.39, 0.29) is 24.4 Å². The van der Waals surface area contributed by atoms with Gasteiger partial charge in [0.2, 0.25) is 20.0 Å². The maximum Gasteiger partial charge on any atom is 0.211 e. The molecule has 0 radical (unpaired) electrons. The van der Waals surface area contributed by atoms with Crippen LogP contribution in [0.15, 0.2) is 73.1 Å². The number of hydrogen-bond acceptors (Lipinski definition) is 7. The summed E-state index contributed by atoms with van der Waals surface area (Å²) in [5, 5.41) is 11.4. The minimum atomic E-state index is -3.17. The number of pyridine rings is 2. The SMILES string of the molecule is CCC1=Cc2cc(Cl)ccc2C(C2CCN(S(C)(=O)=O)CC2)c2ncccc21.CS(=O)(=O)N1CCC(C2c3ccc(Cl)cc3C=C(CO)c3cccnc32)CC1. The minimum Gasteiger partial charge on any atom is -0.392 e. The molecule has 2 aromatic heterocycles. The second-order valence-electron chi connectivity index (χ2n) is 15.2. The highest BCUT2D eigenvalue weighted by atomic mass is 35.5. The number of nitrogens with zero attached hydrogens (tertiary/aromatic N) is 4. The van der Waals surface area contributed by atoms with E-state index in [1.54, 1.807) is 14.8 Å². The molecule has 2 unspecified atom stereocenters. The highest BCUT2D eigenvalue weighted by Gasteiger charge is 2.37. The molecule has 56 heavy (non-hydrogen) atoms. The van der Waals surface area contributed by atoms with Crippen LogP contribution in [-0.4, -0.2) is 85.8 Å². The molecular formula is C43H48Cl2N4O5S2. The van der Waals surface area contributed by atoms with Gasteiger partial charge in [-0.3, -0.25) is 9.97 Å². The van der Waals surface area contributed by atoms with Crippen LogP contribution < -0.4 is 0 Å². The fourth-order valence-corrected chi connectivity index (χ4v) is 11.2. The Labute approximate surface area is 341 Å². The molecule has 1 N–H and O–H groups in total. The van der Waals surface area contributed by atoms with Crippen LogP contribution in [0.4, 0.5) is 0 Å². The van der Waals surface area contributed by atoms with Gasteiger partial charge >= 0.3 is 0 Å². The first-order valence-corrected chi connectivity index (χ1v) is 23.6. The lowest BCUT2D eigenvalue weighted by atomic mass is 9.76. The second-order valence-corrected chi connectivity index (χ2v) is 20.1. The first-order chi connectivity index (χ1) is 26.8. The zero-order valence-corrected chi connectivity index (χ0v) is 35.0. The van der Waals surface area contributed by atoms with Crippen molar-refractivity contribution in [3.63, 3.8) is 0 Å². The standard InChI is InChI=1S/C22H25ClN2O2S.C21H23ClN2O3S/c1-3-15-13-17-14-18(23)6-7-19(17)21(22-20(15)5-4-10-24-22)16-8-11-25(12-9-16)28(2,26)27;1-28(26,27)24-9-6-14(7-10-24)20-18-5-4-17(22)12-15(18)11-16(13-25)19-3-2-8-23-21(19)20/h4-7,10,13-14,16,21H,3,8-9,11-12H2,1-2H3;2-5,8,11-12,14,20,25H,6-7,9-10,13H2,1H3. The molecule has 2 saturated heterocycles. The van der Waals surface area contributed by atoms with Gasteiger partial charge in [-0.1, -0.05) is 60.5 Å². The Morgan fingerprint density at radius 2 is 1.07 bits per heavy atom. The van der Waals surface area contributed by atoms with Crippen LogP contribution in [0.5, 0.6) is 0 Å². The summed E-state index contributed by atoms with van der Waals surface area (Å²) in [4.78, 5) is 9.52. The number of piperidine rings is 2. The summed E-state index contributed by atoms with van der Waals surface area (Å²) in [7, 11) is -6.31. The van der Waals surface area contributed by atoms with Crippen LogP contribution in [0.3, 0.4) is 0 Å². The average molecular weight is 836 g/mol. The third kappa shape index (κ3) is 8.55. The van der Waals surface area contributed by atoms with Crippen LogP contribution >= 0.6 is 23.2 Å². The molecule has 2 aromatic carbocycles. The van der Waals surface area contributed by atoms with Crippen LogP contribution in [-0.2, 0) is 20.0 Å². The third-order valence-corrected chi connectivity index (χ3v) is 14.9. The summed E-state index contributed by atoms with van der Waals surface area (Å²) >= 11 is 12.6. The van der Waals surface area contributed by atoms with E-state index in [9.17, 15) is 21.9 Å². The fourth-order valence-electron chi connectivity index (χ4n) is 9.07. The highest BCUT2D eigenvalue weighted by molar-refractivity contribution is 7.88. The van der Waals surface area contributed by atoms with Crippen molar-refractivity contribution in [1.29, 1.82) is 0 Å². The largest absolute Gasteiger partial charge is 0.392 e. The zero-order chi connectivity index (χ0) is 39.8. The highest BCUT2D eigenvalue weighted by Crippen LogP contribution is 2.46. The number of allylic oxidation sites excluding steroid dienone is 1. The molecule has 13 heteroatoms. The van der Waals surface area contributed by atoms with Gasteiger partial charge < -0.3 is 5.11 Å². The molecule has 2 aliphatic heterocycles. The van der Waals surface area contributed by atoms with Gasteiger partial charge in [-0.15, -0.1) is 0 Å². The monoisotopic (exact) mass is 834 g/mol. The van der Waals surface area contributed by atoms with E-state index < -0.39 is 20.0 Å². The first-order valence-electron chi connectivity index (χ1n) is 19.2. The molecule has 9 nitrogen and oxygen atoms in total. The van der Waals surface area contributed by atoms with E-state index in [4.69, 9.17) is 33.2 Å². The maximum absolute atomic E-state index is 11.9. The smallest absolute Gasteiger partial charge is 0.211 e. The lowest BCUT2D eigenvalue weighted by molar-refractivity contribution is 0.256. The Kier molecular flexibility index (Phi) is 12.2. The summed E-state index contributed by atoms with van der Waals surface area (Å²) in [6, 6.07) is 20.0. The van der Waals surface area contributed by atoms with Gasteiger partial charge in [-0.05, 0) is 125 Å². The number of benzene rings is 2. The number of rotatable bonds is 6. The van der Waals surface area contributed by atoms with E-state index in [1.165, 1.54) is 29.2 Å². The molecule has 0 bridgehead atoms. The van der Waals surface area contributed by atoms with Gasteiger partial charge in [0.1, 0.15) is 0 Å². The summed E-state index contributed by atoms with van der Waals surface area (Å²) in [6.07, 6.45) is 14.6. The summed E-state index contributed by atoms with van der Waals surface area (Å²) in [6.45, 7) is 4.26.